The number of halogens is 2. The minimum Gasteiger partial charge on any atom is -0.478 e. The number of benzene rings is 1. The molecule has 0 saturated carbocycles. The average molecular weight is 266 g/mol. The van der Waals surface area contributed by atoms with Crippen molar-refractivity contribution < 1.29 is 14.3 Å². The molecule has 0 unspecified atom stereocenters. The van der Waals surface area contributed by atoms with Gasteiger partial charge in [0, 0.05) is 11.1 Å². The van der Waals surface area contributed by atoms with Gasteiger partial charge in [-0.2, -0.15) is 0 Å². The van der Waals surface area contributed by atoms with Crippen molar-refractivity contribution >= 4 is 28.5 Å². The summed E-state index contributed by atoms with van der Waals surface area (Å²) in [4.78, 5) is 15.7. The molecule has 92 valence electrons. The summed E-state index contributed by atoms with van der Waals surface area (Å²) in [5.74, 6) is -1.61. The molecule has 1 aromatic carbocycles. The van der Waals surface area contributed by atoms with E-state index in [0.29, 0.717) is 24.1 Å². The maximum absolute atomic E-state index is 13.8. The largest absolute Gasteiger partial charge is 0.478 e. The van der Waals surface area contributed by atoms with Crippen LogP contribution in [0.1, 0.15) is 28.0 Å². The molecule has 1 heterocycles. The summed E-state index contributed by atoms with van der Waals surface area (Å²) in [5.41, 5.74) is 1.54. The summed E-state index contributed by atoms with van der Waals surface area (Å²) in [6.07, 6.45) is 2.20. The Balaban J connectivity index is 2.54. The van der Waals surface area contributed by atoms with E-state index in [1.165, 1.54) is 12.1 Å². The summed E-state index contributed by atoms with van der Waals surface area (Å²) in [5, 5.41) is 9.79. The number of aryl methyl sites for hydroxylation is 1. The lowest BCUT2D eigenvalue weighted by atomic mass is 10.0. The predicted octanol–water partition coefficient (Wildman–Crippen LogP) is 3.21. The normalized spacial score (nSPS) is 13.9. The van der Waals surface area contributed by atoms with Crippen LogP contribution in [-0.4, -0.2) is 16.1 Å². The topological polar surface area (TPSA) is 50.2 Å². The second-order valence-electron chi connectivity index (χ2n) is 4.32. The molecule has 1 N–H and O–H groups in total. The standard InChI is InChI=1S/C13H9ClFNO2/c14-7-4-5-8(15)12-11(7)10(13(17)18)6-2-1-3-9(6)16-12/h4-5H,1-3H2,(H,17,18). The number of pyridine rings is 1. The second kappa shape index (κ2) is 3.92. The first-order valence-electron chi connectivity index (χ1n) is 5.62. The first-order valence-corrected chi connectivity index (χ1v) is 6.00. The van der Waals surface area contributed by atoms with Crippen molar-refractivity contribution in [1.82, 2.24) is 4.98 Å². The van der Waals surface area contributed by atoms with Gasteiger partial charge in [-0.1, -0.05) is 11.6 Å². The third kappa shape index (κ3) is 1.49. The Morgan fingerprint density at radius 1 is 1.39 bits per heavy atom. The van der Waals surface area contributed by atoms with Crippen LogP contribution in [0.4, 0.5) is 4.39 Å². The number of rotatable bonds is 1. The molecule has 0 radical (unpaired) electrons. The quantitative estimate of drug-likeness (QED) is 0.861. The monoisotopic (exact) mass is 265 g/mol. The van der Waals surface area contributed by atoms with Gasteiger partial charge in [-0.25, -0.2) is 14.2 Å². The smallest absolute Gasteiger partial charge is 0.336 e. The van der Waals surface area contributed by atoms with Gasteiger partial charge in [0.25, 0.3) is 0 Å². The fourth-order valence-electron chi connectivity index (χ4n) is 2.53. The van der Waals surface area contributed by atoms with Crippen molar-refractivity contribution in [2.45, 2.75) is 19.3 Å². The molecule has 0 fully saturated rings. The van der Waals surface area contributed by atoms with Crippen LogP contribution in [0.5, 0.6) is 0 Å². The molecule has 1 aliphatic rings. The SMILES string of the molecule is O=C(O)c1c2c(nc3c(F)ccc(Cl)c13)CCC2. The van der Waals surface area contributed by atoms with Crippen molar-refractivity contribution in [3.05, 3.63) is 39.8 Å². The Hall–Kier alpha value is -1.68. The maximum Gasteiger partial charge on any atom is 0.336 e. The van der Waals surface area contributed by atoms with Crippen molar-refractivity contribution in [3.63, 3.8) is 0 Å². The second-order valence-corrected chi connectivity index (χ2v) is 4.73. The molecule has 1 aromatic heterocycles. The molecule has 3 rings (SSSR count). The number of aromatic nitrogens is 1. The number of carbonyl (C=O) groups is 1. The van der Waals surface area contributed by atoms with Gasteiger partial charge >= 0.3 is 5.97 Å². The third-order valence-corrected chi connectivity index (χ3v) is 3.59. The number of hydrogen-bond donors (Lipinski definition) is 1. The lowest BCUT2D eigenvalue weighted by Gasteiger charge is -2.10. The van der Waals surface area contributed by atoms with Crippen molar-refractivity contribution in [2.75, 3.05) is 0 Å². The van der Waals surface area contributed by atoms with Crippen LogP contribution < -0.4 is 0 Å². The summed E-state index contributed by atoms with van der Waals surface area (Å²) >= 11 is 6.01. The lowest BCUT2D eigenvalue weighted by Crippen LogP contribution is -2.06. The molecule has 0 atom stereocenters. The van der Waals surface area contributed by atoms with Crippen LogP contribution in [0.3, 0.4) is 0 Å². The van der Waals surface area contributed by atoms with Gasteiger partial charge in [-0.3, -0.25) is 0 Å². The van der Waals surface area contributed by atoms with E-state index in [2.05, 4.69) is 4.98 Å². The molecular weight excluding hydrogens is 257 g/mol. The van der Waals surface area contributed by atoms with Gasteiger partial charge in [0.1, 0.15) is 11.3 Å². The van der Waals surface area contributed by atoms with E-state index >= 15 is 0 Å². The Morgan fingerprint density at radius 3 is 2.89 bits per heavy atom. The predicted molar refractivity (Wildman–Crippen MR) is 65.7 cm³/mol. The number of fused-ring (bicyclic) bond motifs is 2. The van der Waals surface area contributed by atoms with Gasteiger partial charge in [0.05, 0.1) is 10.6 Å². The highest BCUT2D eigenvalue weighted by molar-refractivity contribution is 6.36. The average Bonchev–Trinajstić information content (AvgIpc) is 2.79. The molecule has 3 nitrogen and oxygen atoms in total. The minimum absolute atomic E-state index is 0.0561. The molecule has 0 amide bonds. The van der Waals surface area contributed by atoms with Crippen LogP contribution in [0.2, 0.25) is 5.02 Å². The Bertz CT molecular complexity index is 684. The first-order chi connectivity index (χ1) is 8.59. The summed E-state index contributed by atoms with van der Waals surface area (Å²) in [7, 11) is 0. The summed E-state index contributed by atoms with van der Waals surface area (Å²) in [6, 6.07) is 2.58. The molecule has 5 heteroatoms. The van der Waals surface area contributed by atoms with E-state index in [9.17, 15) is 14.3 Å². The van der Waals surface area contributed by atoms with Crippen LogP contribution in [-0.2, 0) is 12.8 Å². The molecule has 1 aliphatic carbocycles. The van der Waals surface area contributed by atoms with Crippen molar-refractivity contribution in [3.8, 4) is 0 Å². The highest BCUT2D eigenvalue weighted by Gasteiger charge is 2.25. The molecular formula is C13H9ClFNO2. The number of aromatic carboxylic acids is 1. The van der Waals surface area contributed by atoms with Gasteiger partial charge in [0.2, 0.25) is 0 Å². The zero-order chi connectivity index (χ0) is 12.9. The first kappa shape index (κ1) is 11.4. The van der Waals surface area contributed by atoms with E-state index in [0.717, 1.165) is 6.42 Å². The van der Waals surface area contributed by atoms with E-state index in [1.54, 1.807) is 0 Å². The van der Waals surface area contributed by atoms with Crippen LogP contribution >= 0.6 is 11.6 Å². The Morgan fingerprint density at radius 2 is 2.17 bits per heavy atom. The molecule has 0 saturated heterocycles. The van der Waals surface area contributed by atoms with Crippen LogP contribution in [0.15, 0.2) is 12.1 Å². The van der Waals surface area contributed by atoms with E-state index in [-0.39, 0.29) is 21.5 Å². The van der Waals surface area contributed by atoms with Gasteiger partial charge in [-0.15, -0.1) is 0 Å². The van der Waals surface area contributed by atoms with Crippen molar-refractivity contribution in [1.29, 1.82) is 0 Å². The summed E-state index contributed by atoms with van der Waals surface area (Å²) in [6.45, 7) is 0. The molecule has 0 spiro atoms. The van der Waals surface area contributed by atoms with E-state index in [1.807, 2.05) is 0 Å². The number of carboxylic acid groups (broad SMARTS) is 1. The zero-order valence-electron chi connectivity index (χ0n) is 9.33. The fourth-order valence-corrected chi connectivity index (χ4v) is 2.78. The number of hydrogen-bond acceptors (Lipinski definition) is 2. The van der Waals surface area contributed by atoms with E-state index < -0.39 is 11.8 Å². The molecule has 0 aliphatic heterocycles. The molecule has 18 heavy (non-hydrogen) atoms. The van der Waals surface area contributed by atoms with E-state index in [4.69, 9.17) is 11.6 Å². The molecule has 0 bridgehead atoms. The molecule has 2 aromatic rings. The fraction of sp³-hybridized carbons (Fsp3) is 0.231. The van der Waals surface area contributed by atoms with Gasteiger partial charge < -0.3 is 5.11 Å². The highest BCUT2D eigenvalue weighted by Crippen LogP contribution is 2.34. The van der Waals surface area contributed by atoms with Crippen LogP contribution in [0, 0.1) is 5.82 Å². The van der Waals surface area contributed by atoms with Crippen LogP contribution in [0.25, 0.3) is 10.9 Å². The number of nitrogens with zero attached hydrogens (tertiary/aromatic N) is 1. The van der Waals surface area contributed by atoms with Crippen molar-refractivity contribution in [2.24, 2.45) is 0 Å². The zero-order valence-corrected chi connectivity index (χ0v) is 10.1. The van der Waals surface area contributed by atoms with Gasteiger partial charge in [-0.05, 0) is 37.0 Å². The Kier molecular flexibility index (Phi) is 2.48. The highest BCUT2D eigenvalue weighted by atomic mass is 35.5. The Labute approximate surface area is 107 Å². The maximum atomic E-state index is 13.8. The summed E-state index contributed by atoms with van der Waals surface area (Å²) < 4.78 is 13.8. The van der Waals surface area contributed by atoms with Gasteiger partial charge in [0.15, 0.2) is 0 Å². The minimum atomic E-state index is -1.08. The lowest BCUT2D eigenvalue weighted by molar-refractivity contribution is 0.0698. The number of carboxylic acids is 1. The third-order valence-electron chi connectivity index (χ3n) is 3.28.